The topological polar surface area (TPSA) is 0 Å². The maximum atomic E-state index is 12.9. The molecule has 1 rings (SSSR count). The molecule has 0 aliphatic carbocycles. The van der Waals surface area contributed by atoms with E-state index in [1.807, 2.05) is 0 Å². The van der Waals surface area contributed by atoms with E-state index in [0.717, 1.165) is 0 Å². The van der Waals surface area contributed by atoms with Crippen LogP contribution >= 0.6 is 0 Å². The second-order valence-electron chi connectivity index (χ2n) is 3.88. The molecule has 4 heteroatoms. The van der Waals surface area contributed by atoms with Gasteiger partial charge in [-0.1, -0.05) is 49.6 Å². The highest BCUT2D eigenvalue weighted by Gasteiger charge is 2.02. The first-order chi connectivity index (χ1) is 9.49. The van der Waals surface area contributed by atoms with E-state index in [-0.39, 0.29) is 23.8 Å². The van der Waals surface area contributed by atoms with Crippen LogP contribution in [0.15, 0.2) is 73.6 Å². The fourth-order valence-corrected chi connectivity index (χ4v) is 1.35. The van der Waals surface area contributed by atoms with Crippen molar-refractivity contribution in [1.29, 1.82) is 0 Å². The fourth-order valence-electron chi connectivity index (χ4n) is 1.35. The van der Waals surface area contributed by atoms with Gasteiger partial charge in [-0.25, -0.2) is 17.6 Å². The summed E-state index contributed by atoms with van der Waals surface area (Å²) in [5, 5.41) is 0. The van der Waals surface area contributed by atoms with Crippen LogP contribution in [0.4, 0.5) is 17.6 Å². The molecule has 0 fully saturated rings. The van der Waals surface area contributed by atoms with Crippen LogP contribution in [0.1, 0.15) is 11.1 Å². The van der Waals surface area contributed by atoms with Crippen LogP contribution in [-0.2, 0) is 0 Å². The molecule has 0 aliphatic rings. The van der Waals surface area contributed by atoms with Crippen molar-refractivity contribution in [1.82, 2.24) is 0 Å². The van der Waals surface area contributed by atoms with E-state index in [2.05, 4.69) is 13.2 Å². The molecule has 0 atom stereocenters. The van der Waals surface area contributed by atoms with E-state index in [4.69, 9.17) is 0 Å². The van der Waals surface area contributed by atoms with Crippen LogP contribution in [0, 0.1) is 0 Å². The van der Waals surface area contributed by atoms with E-state index in [9.17, 15) is 17.6 Å². The Morgan fingerprint density at radius 1 is 0.850 bits per heavy atom. The molecule has 0 amide bonds. The lowest BCUT2D eigenvalue weighted by Crippen LogP contribution is -1.83. The average Bonchev–Trinajstić information content (AvgIpc) is 2.50. The summed E-state index contributed by atoms with van der Waals surface area (Å²) in [5.74, 6) is -2.04. The second-order valence-corrected chi connectivity index (χ2v) is 3.88. The van der Waals surface area contributed by atoms with Crippen molar-refractivity contribution < 1.29 is 17.6 Å². The number of halogens is 4. The minimum Gasteiger partial charge on any atom is -0.212 e. The highest BCUT2D eigenvalue weighted by molar-refractivity contribution is 5.74. The Bertz CT molecular complexity index is 589. The van der Waals surface area contributed by atoms with Crippen LogP contribution in [0.2, 0.25) is 0 Å². The minimum absolute atomic E-state index is 0.101. The number of hydrogen-bond acceptors (Lipinski definition) is 0. The zero-order valence-corrected chi connectivity index (χ0v) is 10.5. The Kier molecular flexibility index (Phi) is 5.72. The van der Waals surface area contributed by atoms with Gasteiger partial charge >= 0.3 is 0 Å². The highest BCUT2D eigenvalue weighted by atomic mass is 19.2. The van der Waals surface area contributed by atoms with Gasteiger partial charge in [-0.3, -0.25) is 0 Å². The van der Waals surface area contributed by atoms with Gasteiger partial charge in [0.25, 0.3) is 0 Å². The average molecular weight is 280 g/mol. The summed E-state index contributed by atoms with van der Waals surface area (Å²) in [6, 6.07) is 5.84. The molecular weight excluding hydrogens is 268 g/mol. The molecule has 20 heavy (non-hydrogen) atoms. The molecule has 1 aromatic carbocycles. The number of hydrogen-bond donors (Lipinski definition) is 0. The summed E-state index contributed by atoms with van der Waals surface area (Å²) in [6.45, 7) is 7.06. The summed E-state index contributed by atoms with van der Waals surface area (Å²) in [5.41, 5.74) is 1.10. The third-order valence-electron chi connectivity index (χ3n) is 2.52. The Hall–Kier alpha value is -2.36. The third kappa shape index (κ3) is 4.09. The molecule has 1 aromatic rings. The summed E-state index contributed by atoms with van der Waals surface area (Å²) < 4.78 is 49.6. The molecule has 0 nitrogen and oxygen atoms in total. The number of benzene rings is 1. The molecule has 104 valence electrons. The fraction of sp³-hybridized carbons (Fsp3) is 0. The van der Waals surface area contributed by atoms with Crippen LogP contribution in [0.3, 0.4) is 0 Å². The first-order valence-corrected chi connectivity index (χ1v) is 5.58. The summed E-state index contributed by atoms with van der Waals surface area (Å²) in [7, 11) is 0. The van der Waals surface area contributed by atoms with Crippen LogP contribution in [-0.4, -0.2) is 0 Å². The van der Waals surface area contributed by atoms with Crippen molar-refractivity contribution in [3.05, 3.63) is 84.8 Å². The van der Waals surface area contributed by atoms with Crippen molar-refractivity contribution in [2.45, 2.75) is 0 Å². The zero-order chi connectivity index (χ0) is 15.1. The normalized spacial score (nSPS) is 12.8. The molecule has 0 aliphatic heterocycles. The van der Waals surface area contributed by atoms with Gasteiger partial charge in [-0.15, -0.1) is 0 Å². The van der Waals surface area contributed by atoms with Crippen molar-refractivity contribution in [3.63, 3.8) is 0 Å². The van der Waals surface area contributed by atoms with E-state index in [0.29, 0.717) is 11.1 Å². The van der Waals surface area contributed by atoms with Crippen LogP contribution < -0.4 is 0 Å². The molecule has 0 bridgehead atoms. The predicted molar refractivity (Wildman–Crippen MR) is 74.2 cm³/mol. The summed E-state index contributed by atoms with van der Waals surface area (Å²) >= 11 is 0. The van der Waals surface area contributed by atoms with E-state index in [1.165, 1.54) is 36.4 Å². The first-order valence-electron chi connectivity index (χ1n) is 5.58. The molecular formula is C16H12F4. The van der Waals surface area contributed by atoms with E-state index >= 15 is 0 Å². The molecule has 0 spiro atoms. The second kappa shape index (κ2) is 7.28. The lowest BCUT2D eigenvalue weighted by molar-refractivity contribution is 0.599. The smallest absolute Gasteiger partial charge is 0.158 e. The minimum atomic E-state index is -1.07. The van der Waals surface area contributed by atoms with Crippen molar-refractivity contribution in [3.8, 4) is 0 Å². The highest BCUT2D eigenvalue weighted by Crippen LogP contribution is 2.21. The predicted octanol–water partition coefficient (Wildman–Crippen LogP) is 5.83. The molecule has 0 unspecified atom stereocenters. The Balaban J connectivity index is 2.84. The van der Waals surface area contributed by atoms with Gasteiger partial charge in [0.2, 0.25) is 0 Å². The van der Waals surface area contributed by atoms with Gasteiger partial charge in [0, 0.05) is 11.1 Å². The van der Waals surface area contributed by atoms with Gasteiger partial charge < -0.3 is 0 Å². The largest absolute Gasteiger partial charge is 0.212 e. The monoisotopic (exact) mass is 280 g/mol. The molecule has 0 heterocycles. The molecule has 0 radical (unpaired) electrons. The van der Waals surface area contributed by atoms with Gasteiger partial charge in [-0.2, -0.15) is 0 Å². The Labute approximate surface area is 114 Å². The Morgan fingerprint density at radius 3 is 1.90 bits per heavy atom. The Morgan fingerprint density at radius 2 is 1.40 bits per heavy atom. The van der Waals surface area contributed by atoms with Crippen LogP contribution in [0.25, 0.3) is 11.4 Å². The molecule has 0 N–H and O–H groups in total. The number of allylic oxidation sites excluding steroid dienone is 5. The van der Waals surface area contributed by atoms with Crippen molar-refractivity contribution in [2.75, 3.05) is 0 Å². The van der Waals surface area contributed by atoms with Gasteiger partial charge in [0.05, 0.1) is 0 Å². The molecule has 0 saturated heterocycles. The van der Waals surface area contributed by atoms with Gasteiger partial charge in [0.15, 0.2) is 11.7 Å². The van der Waals surface area contributed by atoms with Crippen molar-refractivity contribution in [2.24, 2.45) is 0 Å². The first kappa shape index (κ1) is 15.7. The third-order valence-corrected chi connectivity index (χ3v) is 2.52. The quantitative estimate of drug-likeness (QED) is 0.470. The summed E-state index contributed by atoms with van der Waals surface area (Å²) in [4.78, 5) is 0. The van der Waals surface area contributed by atoms with Crippen LogP contribution in [0.5, 0.6) is 0 Å². The summed E-state index contributed by atoms with van der Waals surface area (Å²) in [6.07, 6.45) is 2.40. The maximum absolute atomic E-state index is 12.9. The molecule has 0 aromatic heterocycles. The lowest BCUT2D eigenvalue weighted by Gasteiger charge is -2.02. The number of rotatable bonds is 5. The SMILES string of the molecule is C=C(/C=C\C(=C)c1ccc(/C(F)=C\F)cc1)/C(F)=C\F. The lowest BCUT2D eigenvalue weighted by atomic mass is 10.0. The molecule has 0 saturated carbocycles. The maximum Gasteiger partial charge on any atom is 0.158 e. The van der Waals surface area contributed by atoms with E-state index < -0.39 is 11.7 Å². The standard InChI is InChI=1S/C16H12F4/c1-11(3-4-12(2)15(19)9-17)13-5-7-14(8-6-13)16(20)10-18/h3-10H,1-2H2/b4-3-,15-9+,16-10+. The zero-order valence-electron chi connectivity index (χ0n) is 10.5. The van der Waals surface area contributed by atoms with Gasteiger partial charge in [-0.05, 0) is 11.1 Å². The van der Waals surface area contributed by atoms with Gasteiger partial charge in [0.1, 0.15) is 12.7 Å². The van der Waals surface area contributed by atoms with E-state index in [1.54, 1.807) is 0 Å². The van der Waals surface area contributed by atoms with Crippen molar-refractivity contribution >= 4 is 11.4 Å².